The van der Waals surface area contributed by atoms with Crippen LogP contribution in [0.25, 0.3) is 0 Å². The van der Waals surface area contributed by atoms with Crippen LogP contribution in [0, 0.1) is 0 Å². The smallest absolute Gasteiger partial charge is 0.0195 e. The maximum Gasteiger partial charge on any atom is 0.0195 e. The van der Waals surface area contributed by atoms with Crippen LogP contribution in [0.5, 0.6) is 0 Å². The summed E-state index contributed by atoms with van der Waals surface area (Å²) in [6.07, 6.45) is 9.84. The molecule has 2 heteroatoms. The van der Waals surface area contributed by atoms with Crippen molar-refractivity contribution in [2.45, 2.75) is 76.9 Å². The minimum Gasteiger partial charge on any atom is -0.313 e. The quantitative estimate of drug-likeness (QED) is 0.776. The molecule has 0 aromatic carbocycles. The lowest BCUT2D eigenvalue weighted by Crippen LogP contribution is -2.50. The van der Waals surface area contributed by atoms with Crippen LogP contribution in [0.4, 0.5) is 0 Å². The van der Waals surface area contributed by atoms with Gasteiger partial charge in [-0.1, -0.05) is 19.3 Å². The Labute approximate surface area is 101 Å². The lowest BCUT2D eigenvalue weighted by molar-refractivity contribution is 0.0902. The summed E-state index contributed by atoms with van der Waals surface area (Å²) in [4.78, 5) is 2.74. The minimum absolute atomic E-state index is 0.755. The fourth-order valence-electron chi connectivity index (χ4n) is 3.35. The molecule has 0 saturated carbocycles. The van der Waals surface area contributed by atoms with Gasteiger partial charge in [-0.05, 0) is 46.1 Å². The molecule has 0 aromatic heterocycles. The Morgan fingerprint density at radius 1 is 0.938 bits per heavy atom. The van der Waals surface area contributed by atoms with E-state index in [-0.39, 0.29) is 0 Å². The number of hydrogen-bond acceptors (Lipinski definition) is 2. The SMILES string of the molecule is C[C@@H]1CCC[C@H](C)N1C[C@@H]1CCCCCN1. The van der Waals surface area contributed by atoms with Crippen LogP contribution < -0.4 is 5.32 Å². The summed E-state index contributed by atoms with van der Waals surface area (Å²) in [7, 11) is 0. The van der Waals surface area contributed by atoms with Gasteiger partial charge in [0, 0.05) is 24.7 Å². The normalized spacial score (nSPS) is 38.2. The Balaban J connectivity index is 1.85. The van der Waals surface area contributed by atoms with Crippen LogP contribution in [0.3, 0.4) is 0 Å². The fourth-order valence-corrected chi connectivity index (χ4v) is 3.35. The third-order valence-electron chi connectivity index (χ3n) is 4.47. The third-order valence-corrected chi connectivity index (χ3v) is 4.47. The molecule has 2 nitrogen and oxygen atoms in total. The molecule has 2 aliphatic rings. The molecule has 94 valence electrons. The van der Waals surface area contributed by atoms with Gasteiger partial charge in [-0.3, -0.25) is 4.90 Å². The zero-order valence-electron chi connectivity index (χ0n) is 11.0. The van der Waals surface area contributed by atoms with E-state index in [2.05, 4.69) is 24.1 Å². The first kappa shape index (κ1) is 12.4. The molecule has 0 spiro atoms. The number of nitrogens with zero attached hydrogens (tertiary/aromatic N) is 1. The molecule has 0 bridgehead atoms. The van der Waals surface area contributed by atoms with Crippen LogP contribution in [-0.2, 0) is 0 Å². The molecule has 2 aliphatic heterocycles. The molecule has 2 heterocycles. The number of hydrogen-bond donors (Lipinski definition) is 1. The molecule has 3 atom stereocenters. The molecule has 16 heavy (non-hydrogen) atoms. The van der Waals surface area contributed by atoms with Gasteiger partial charge >= 0.3 is 0 Å². The highest BCUT2D eigenvalue weighted by atomic mass is 15.2. The average Bonchev–Trinajstić information content (AvgIpc) is 2.52. The molecule has 0 aromatic rings. The van der Waals surface area contributed by atoms with Gasteiger partial charge in [0.2, 0.25) is 0 Å². The van der Waals surface area contributed by atoms with E-state index in [9.17, 15) is 0 Å². The molecule has 0 amide bonds. The Hall–Kier alpha value is -0.0800. The van der Waals surface area contributed by atoms with Crippen molar-refractivity contribution < 1.29 is 0 Å². The van der Waals surface area contributed by atoms with E-state index in [0.29, 0.717) is 0 Å². The second kappa shape index (κ2) is 6.02. The maximum atomic E-state index is 3.73. The minimum atomic E-state index is 0.755. The Kier molecular flexibility index (Phi) is 4.66. The van der Waals surface area contributed by atoms with Gasteiger partial charge in [0.05, 0.1) is 0 Å². The summed E-state index contributed by atoms with van der Waals surface area (Å²) in [6, 6.07) is 2.35. The van der Waals surface area contributed by atoms with Crippen molar-refractivity contribution in [1.29, 1.82) is 0 Å². The second-order valence-electron chi connectivity index (χ2n) is 5.83. The van der Waals surface area contributed by atoms with E-state index < -0.39 is 0 Å². The van der Waals surface area contributed by atoms with E-state index in [0.717, 1.165) is 18.1 Å². The highest BCUT2D eigenvalue weighted by Crippen LogP contribution is 2.23. The lowest BCUT2D eigenvalue weighted by Gasteiger charge is -2.41. The summed E-state index contributed by atoms with van der Waals surface area (Å²) in [5, 5.41) is 3.73. The van der Waals surface area contributed by atoms with Gasteiger partial charge in [-0.2, -0.15) is 0 Å². The van der Waals surface area contributed by atoms with Crippen molar-refractivity contribution in [3.63, 3.8) is 0 Å². The zero-order valence-corrected chi connectivity index (χ0v) is 11.0. The Morgan fingerprint density at radius 2 is 1.69 bits per heavy atom. The van der Waals surface area contributed by atoms with E-state index in [1.54, 1.807) is 0 Å². The van der Waals surface area contributed by atoms with Gasteiger partial charge in [0.1, 0.15) is 0 Å². The van der Waals surface area contributed by atoms with Crippen molar-refractivity contribution in [2.75, 3.05) is 13.1 Å². The number of rotatable bonds is 2. The molecule has 0 radical (unpaired) electrons. The Morgan fingerprint density at radius 3 is 2.44 bits per heavy atom. The molecule has 0 unspecified atom stereocenters. The predicted octanol–water partition coefficient (Wildman–Crippen LogP) is 2.78. The summed E-state index contributed by atoms with van der Waals surface area (Å²) >= 11 is 0. The summed E-state index contributed by atoms with van der Waals surface area (Å²) in [5.74, 6) is 0. The average molecular weight is 224 g/mol. The van der Waals surface area contributed by atoms with Crippen LogP contribution in [-0.4, -0.2) is 36.1 Å². The summed E-state index contributed by atoms with van der Waals surface area (Å²) < 4.78 is 0. The van der Waals surface area contributed by atoms with Crippen LogP contribution in [0.15, 0.2) is 0 Å². The molecule has 2 fully saturated rings. The summed E-state index contributed by atoms with van der Waals surface area (Å²) in [5.41, 5.74) is 0. The van der Waals surface area contributed by atoms with Crippen molar-refractivity contribution in [1.82, 2.24) is 10.2 Å². The lowest BCUT2D eigenvalue weighted by atomic mass is 9.96. The molecular formula is C14H28N2. The van der Waals surface area contributed by atoms with E-state index in [1.807, 2.05) is 0 Å². The predicted molar refractivity (Wildman–Crippen MR) is 69.7 cm³/mol. The van der Waals surface area contributed by atoms with E-state index in [1.165, 1.54) is 58.0 Å². The van der Waals surface area contributed by atoms with E-state index >= 15 is 0 Å². The monoisotopic (exact) mass is 224 g/mol. The molecular weight excluding hydrogens is 196 g/mol. The highest BCUT2D eigenvalue weighted by Gasteiger charge is 2.26. The molecule has 1 N–H and O–H groups in total. The first-order chi connectivity index (χ1) is 7.77. The van der Waals surface area contributed by atoms with Gasteiger partial charge in [-0.15, -0.1) is 0 Å². The number of nitrogens with one attached hydrogen (secondary N) is 1. The fraction of sp³-hybridized carbons (Fsp3) is 1.00. The van der Waals surface area contributed by atoms with Gasteiger partial charge in [-0.25, -0.2) is 0 Å². The topological polar surface area (TPSA) is 15.3 Å². The molecule has 0 aliphatic carbocycles. The molecule has 2 rings (SSSR count). The first-order valence-electron chi connectivity index (χ1n) is 7.26. The summed E-state index contributed by atoms with van der Waals surface area (Å²) in [6.45, 7) is 7.34. The largest absolute Gasteiger partial charge is 0.313 e. The standard InChI is InChI=1S/C14H28N2/c1-12-7-6-8-13(2)16(12)11-14-9-4-3-5-10-15-14/h12-15H,3-11H2,1-2H3/t12-,13+,14-/m0/s1. The highest BCUT2D eigenvalue weighted by molar-refractivity contribution is 4.84. The zero-order chi connectivity index (χ0) is 11.4. The Bertz CT molecular complexity index is 187. The van der Waals surface area contributed by atoms with Crippen LogP contribution in [0.2, 0.25) is 0 Å². The third kappa shape index (κ3) is 3.21. The van der Waals surface area contributed by atoms with Crippen molar-refractivity contribution in [3.05, 3.63) is 0 Å². The van der Waals surface area contributed by atoms with Crippen molar-refractivity contribution >= 4 is 0 Å². The number of likely N-dealkylation sites (tertiary alicyclic amines) is 1. The molecule has 2 saturated heterocycles. The van der Waals surface area contributed by atoms with Crippen LogP contribution in [0.1, 0.15) is 58.8 Å². The van der Waals surface area contributed by atoms with Crippen molar-refractivity contribution in [2.24, 2.45) is 0 Å². The van der Waals surface area contributed by atoms with Gasteiger partial charge in [0.25, 0.3) is 0 Å². The van der Waals surface area contributed by atoms with Gasteiger partial charge < -0.3 is 5.32 Å². The first-order valence-corrected chi connectivity index (χ1v) is 7.26. The maximum absolute atomic E-state index is 3.73. The van der Waals surface area contributed by atoms with E-state index in [4.69, 9.17) is 0 Å². The van der Waals surface area contributed by atoms with Gasteiger partial charge in [0.15, 0.2) is 0 Å². The van der Waals surface area contributed by atoms with Crippen molar-refractivity contribution in [3.8, 4) is 0 Å². The number of piperidine rings is 1. The second-order valence-corrected chi connectivity index (χ2v) is 5.83. The van der Waals surface area contributed by atoms with Crippen LogP contribution >= 0.6 is 0 Å².